The number of aromatic nitrogens is 2. The van der Waals surface area contributed by atoms with E-state index in [2.05, 4.69) is 4.98 Å². The fraction of sp³-hybridized carbons (Fsp3) is 0.174. The fourth-order valence-electron chi connectivity index (χ4n) is 3.08. The van der Waals surface area contributed by atoms with Crippen LogP contribution in [0.3, 0.4) is 0 Å². The number of H-pyrrole nitrogens is 1. The molecule has 1 heterocycles. The molecule has 8 heteroatoms. The summed E-state index contributed by atoms with van der Waals surface area (Å²) in [6.45, 7) is 0.0990. The SMILES string of the molecule is COc1ccc(/C=C/C(=O)c2c(O)n(CCc3ccccc3)c(=O)[nH]c2=O)c(OC)c1. The van der Waals surface area contributed by atoms with E-state index >= 15 is 0 Å². The number of benzene rings is 2. The number of aromatic amines is 1. The maximum absolute atomic E-state index is 12.7. The molecule has 0 unspecified atom stereocenters. The molecule has 0 radical (unpaired) electrons. The van der Waals surface area contributed by atoms with Gasteiger partial charge in [0.1, 0.15) is 17.1 Å². The van der Waals surface area contributed by atoms with Crippen LogP contribution in [0.25, 0.3) is 6.08 Å². The summed E-state index contributed by atoms with van der Waals surface area (Å²) < 4.78 is 11.4. The predicted molar refractivity (Wildman–Crippen MR) is 116 cm³/mol. The van der Waals surface area contributed by atoms with Gasteiger partial charge in [0, 0.05) is 18.2 Å². The average molecular weight is 422 g/mol. The molecule has 0 atom stereocenters. The lowest BCUT2D eigenvalue weighted by molar-refractivity contribution is 0.104. The van der Waals surface area contributed by atoms with Crippen LogP contribution >= 0.6 is 0 Å². The van der Waals surface area contributed by atoms with Gasteiger partial charge >= 0.3 is 5.69 Å². The van der Waals surface area contributed by atoms with Crippen LogP contribution in [0.4, 0.5) is 0 Å². The Morgan fingerprint density at radius 2 is 1.84 bits per heavy atom. The van der Waals surface area contributed by atoms with Gasteiger partial charge in [0.05, 0.1) is 14.2 Å². The lowest BCUT2D eigenvalue weighted by atomic mass is 10.1. The molecule has 8 nitrogen and oxygen atoms in total. The van der Waals surface area contributed by atoms with E-state index in [1.165, 1.54) is 20.3 Å². The van der Waals surface area contributed by atoms with Crippen molar-refractivity contribution in [3.8, 4) is 17.4 Å². The molecule has 0 amide bonds. The van der Waals surface area contributed by atoms with Crippen molar-refractivity contribution in [2.75, 3.05) is 14.2 Å². The third-order valence-electron chi connectivity index (χ3n) is 4.74. The molecule has 0 aliphatic rings. The van der Waals surface area contributed by atoms with Crippen molar-refractivity contribution in [3.63, 3.8) is 0 Å². The van der Waals surface area contributed by atoms with Crippen LogP contribution in [0.5, 0.6) is 17.4 Å². The van der Waals surface area contributed by atoms with Gasteiger partial charge in [-0.15, -0.1) is 0 Å². The van der Waals surface area contributed by atoms with Gasteiger partial charge in [-0.1, -0.05) is 30.3 Å². The van der Waals surface area contributed by atoms with Crippen molar-refractivity contribution in [2.24, 2.45) is 0 Å². The Kier molecular flexibility index (Phi) is 6.71. The van der Waals surface area contributed by atoms with Crippen LogP contribution in [-0.2, 0) is 13.0 Å². The number of nitrogens with zero attached hydrogens (tertiary/aromatic N) is 1. The highest BCUT2D eigenvalue weighted by atomic mass is 16.5. The van der Waals surface area contributed by atoms with Crippen LogP contribution in [-0.4, -0.2) is 34.7 Å². The van der Waals surface area contributed by atoms with Crippen molar-refractivity contribution in [1.29, 1.82) is 0 Å². The molecule has 0 aliphatic heterocycles. The Bertz CT molecular complexity index is 1230. The number of ketones is 1. The highest BCUT2D eigenvalue weighted by molar-refractivity contribution is 6.08. The molecule has 0 spiro atoms. The Labute approximate surface area is 178 Å². The lowest BCUT2D eigenvalue weighted by Crippen LogP contribution is -2.34. The summed E-state index contributed by atoms with van der Waals surface area (Å²) in [5.74, 6) is -0.361. The summed E-state index contributed by atoms with van der Waals surface area (Å²) >= 11 is 0. The summed E-state index contributed by atoms with van der Waals surface area (Å²) in [7, 11) is 3.00. The highest BCUT2D eigenvalue weighted by Crippen LogP contribution is 2.26. The number of carbonyl (C=O) groups is 1. The number of hydrogen-bond donors (Lipinski definition) is 2. The van der Waals surface area contributed by atoms with Crippen LogP contribution in [0, 0.1) is 0 Å². The number of aryl methyl sites for hydroxylation is 1. The Hall–Kier alpha value is -4.07. The van der Waals surface area contributed by atoms with Crippen molar-refractivity contribution in [1.82, 2.24) is 9.55 Å². The van der Waals surface area contributed by atoms with Gasteiger partial charge in [-0.05, 0) is 36.3 Å². The molecule has 31 heavy (non-hydrogen) atoms. The van der Waals surface area contributed by atoms with Gasteiger partial charge in [0.25, 0.3) is 5.56 Å². The fourth-order valence-corrected chi connectivity index (χ4v) is 3.08. The molecular weight excluding hydrogens is 400 g/mol. The Balaban J connectivity index is 1.90. The molecule has 3 rings (SSSR count). The first-order chi connectivity index (χ1) is 14.9. The van der Waals surface area contributed by atoms with E-state index in [-0.39, 0.29) is 6.54 Å². The van der Waals surface area contributed by atoms with Crippen molar-refractivity contribution in [3.05, 3.63) is 92.1 Å². The highest BCUT2D eigenvalue weighted by Gasteiger charge is 2.19. The van der Waals surface area contributed by atoms with E-state index < -0.39 is 28.5 Å². The van der Waals surface area contributed by atoms with E-state index in [0.29, 0.717) is 23.5 Å². The zero-order chi connectivity index (χ0) is 22.4. The molecule has 0 saturated carbocycles. The second-order valence-electron chi connectivity index (χ2n) is 6.65. The predicted octanol–water partition coefficient (Wildman–Crippen LogP) is 2.40. The molecule has 160 valence electrons. The number of allylic oxidation sites excluding steroid dienone is 1. The molecular formula is C23H22N2O6. The molecule has 0 bridgehead atoms. The number of carbonyl (C=O) groups excluding carboxylic acids is 1. The first-order valence-electron chi connectivity index (χ1n) is 9.49. The molecule has 0 fully saturated rings. The van der Waals surface area contributed by atoms with Gasteiger partial charge in [-0.3, -0.25) is 19.1 Å². The quantitative estimate of drug-likeness (QED) is 0.426. The number of nitrogens with one attached hydrogen (secondary N) is 1. The van der Waals surface area contributed by atoms with Crippen LogP contribution in [0.1, 0.15) is 21.5 Å². The number of methoxy groups -OCH3 is 2. The smallest absolute Gasteiger partial charge is 0.331 e. The molecule has 2 aromatic carbocycles. The van der Waals surface area contributed by atoms with Gasteiger partial charge in [0.2, 0.25) is 5.88 Å². The van der Waals surface area contributed by atoms with E-state index in [1.807, 2.05) is 30.3 Å². The molecule has 1 aromatic heterocycles. The standard InChI is InChI=1S/C23H22N2O6/c1-30-17-10-8-16(19(14-17)31-2)9-11-18(26)20-21(27)24-23(29)25(22(20)28)13-12-15-6-4-3-5-7-15/h3-11,14,28H,12-13H2,1-2H3,(H,24,27,29)/b11-9+. The van der Waals surface area contributed by atoms with Gasteiger partial charge in [0.15, 0.2) is 5.78 Å². The third kappa shape index (κ3) is 4.92. The van der Waals surface area contributed by atoms with Gasteiger partial charge < -0.3 is 14.6 Å². The zero-order valence-corrected chi connectivity index (χ0v) is 17.1. The van der Waals surface area contributed by atoms with Gasteiger partial charge in [-0.2, -0.15) is 0 Å². The first kappa shape index (κ1) is 21.6. The van der Waals surface area contributed by atoms with E-state index in [9.17, 15) is 19.5 Å². The number of ether oxygens (including phenoxy) is 2. The Morgan fingerprint density at radius 3 is 2.52 bits per heavy atom. The maximum Gasteiger partial charge on any atom is 0.331 e. The zero-order valence-electron chi connectivity index (χ0n) is 17.1. The number of rotatable bonds is 8. The summed E-state index contributed by atoms with van der Waals surface area (Å²) in [6.07, 6.45) is 3.03. The number of aromatic hydroxyl groups is 1. The third-order valence-corrected chi connectivity index (χ3v) is 4.74. The normalized spacial score (nSPS) is 10.9. The minimum Gasteiger partial charge on any atom is -0.497 e. The summed E-state index contributed by atoms with van der Waals surface area (Å²) in [6, 6.07) is 14.4. The van der Waals surface area contributed by atoms with Gasteiger partial charge in [-0.25, -0.2) is 4.79 Å². The second-order valence-corrected chi connectivity index (χ2v) is 6.65. The second kappa shape index (κ2) is 9.62. The van der Waals surface area contributed by atoms with Crippen molar-refractivity contribution >= 4 is 11.9 Å². The average Bonchev–Trinajstić information content (AvgIpc) is 2.77. The van der Waals surface area contributed by atoms with Crippen LogP contribution in [0.15, 0.2) is 64.2 Å². The molecule has 0 aliphatic carbocycles. The minimum absolute atomic E-state index is 0.0990. The van der Waals surface area contributed by atoms with E-state index in [1.54, 1.807) is 18.2 Å². The molecule has 2 N–H and O–H groups in total. The first-order valence-corrected chi connectivity index (χ1v) is 9.49. The largest absolute Gasteiger partial charge is 0.497 e. The minimum atomic E-state index is -0.949. The molecule has 0 saturated heterocycles. The van der Waals surface area contributed by atoms with E-state index in [4.69, 9.17) is 9.47 Å². The lowest BCUT2D eigenvalue weighted by Gasteiger charge is -2.10. The Morgan fingerprint density at radius 1 is 1.10 bits per heavy atom. The van der Waals surface area contributed by atoms with Crippen LogP contribution in [0.2, 0.25) is 0 Å². The number of hydrogen-bond acceptors (Lipinski definition) is 6. The maximum atomic E-state index is 12.7. The van der Waals surface area contributed by atoms with Crippen molar-refractivity contribution < 1.29 is 19.4 Å². The van der Waals surface area contributed by atoms with Crippen LogP contribution < -0.4 is 20.7 Å². The summed E-state index contributed by atoms with van der Waals surface area (Å²) in [5.41, 5.74) is -0.716. The summed E-state index contributed by atoms with van der Waals surface area (Å²) in [5, 5.41) is 10.5. The monoisotopic (exact) mass is 422 g/mol. The topological polar surface area (TPSA) is 111 Å². The summed E-state index contributed by atoms with van der Waals surface area (Å²) in [4.78, 5) is 39.2. The van der Waals surface area contributed by atoms with E-state index in [0.717, 1.165) is 16.2 Å². The molecule has 3 aromatic rings. The van der Waals surface area contributed by atoms with Crippen molar-refractivity contribution in [2.45, 2.75) is 13.0 Å².